The van der Waals surface area contributed by atoms with Crippen molar-refractivity contribution >= 4 is 33.2 Å². The van der Waals surface area contributed by atoms with Gasteiger partial charge in [-0.05, 0) is 86.7 Å². The molecule has 0 aliphatic heterocycles. The third-order valence-corrected chi connectivity index (χ3v) is 7.07. The molecule has 4 rings (SSSR count). The highest BCUT2D eigenvalue weighted by Gasteiger charge is 2.24. The number of nitrogens with one attached hydrogen (secondary N) is 3. The van der Waals surface area contributed by atoms with Gasteiger partial charge in [0.15, 0.2) is 0 Å². The van der Waals surface area contributed by atoms with E-state index in [9.17, 15) is 18.0 Å². The van der Waals surface area contributed by atoms with Crippen LogP contribution < -0.4 is 15.4 Å². The lowest BCUT2D eigenvalue weighted by Crippen LogP contribution is -2.25. The standard InChI is InChI=1S/C26H27N3O4S/c1-16-5-4-6-21(13-16)29-34(32,33)22-12-8-17(2)23(15-22)26(31)28-24-14-19(9-7-18(24)3)25(30)27-20-10-11-20/h4-9,12-15,20,29H,10-11H2,1-3H3,(H,27,30)(H,28,31). The van der Waals surface area contributed by atoms with Crippen LogP contribution in [0.3, 0.4) is 0 Å². The molecule has 1 aliphatic rings. The molecule has 3 aromatic carbocycles. The fraction of sp³-hybridized carbons (Fsp3) is 0.231. The highest BCUT2D eigenvalue weighted by molar-refractivity contribution is 7.92. The first-order chi connectivity index (χ1) is 16.1. The van der Waals surface area contributed by atoms with Crippen LogP contribution in [0.2, 0.25) is 0 Å². The van der Waals surface area contributed by atoms with Gasteiger partial charge in [0.2, 0.25) is 0 Å². The quantitative estimate of drug-likeness (QED) is 0.464. The Bertz CT molecular complexity index is 1380. The molecular formula is C26H27N3O4S. The molecule has 0 bridgehead atoms. The van der Waals surface area contributed by atoms with Crippen LogP contribution in [0.1, 0.15) is 50.2 Å². The van der Waals surface area contributed by atoms with Gasteiger partial charge < -0.3 is 10.6 Å². The summed E-state index contributed by atoms with van der Waals surface area (Å²) in [6, 6.07) is 16.8. The average molecular weight is 478 g/mol. The first-order valence-corrected chi connectivity index (χ1v) is 12.5. The maximum absolute atomic E-state index is 13.1. The van der Waals surface area contributed by atoms with E-state index in [2.05, 4.69) is 15.4 Å². The number of aryl methyl sites for hydroxylation is 3. The molecule has 0 unspecified atom stereocenters. The molecule has 1 fully saturated rings. The maximum Gasteiger partial charge on any atom is 0.261 e. The fourth-order valence-corrected chi connectivity index (χ4v) is 4.59. The van der Waals surface area contributed by atoms with E-state index in [0.29, 0.717) is 22.5 Å². The average Bonchev–Trinajstić information content (AvgIpc) is 3.59. The Morgan fingerprint density at radius 1 is 0.853 bits per heavy atom. The maximum atomic E-state index is 13.1. The number of benzene rings is 3. The molecule has 7 nitrogen and oxygen atoms in total. The molecule has 0 atom stereocenters. The zero-order valence-corrected chi connectivity index (χ0v) is 20.1. The minimum absolute atomic E-state index is 0.0148. The molecule has 1 aliphatic carbocycles. The third kappa shape index (κ3) is 5.46. The minimum atomic E-state index is -3.89. The molecule has 0 heterocycles. The number of hydrogen-bond acceptors (Lipinski definition) is 4. The van der Waals surface area contributed by atoms with Gasteiger partial charge >= 0.3 is 0 Å². The normalized spacial score (nSPS) is 13.3. The van der Waals surface area contributed by atoms with E-state index in [1.165, 1.54) is 12.1 Å². The largest absolute Gasteiger partial charge is 0.349 e. The van der Waals surface area contributed by atoms with Crippen molar-refractivity contribution in [1.82, 2.24) is 5.32 Å². The Balaban J connectivity index is 1.57. The van der Waals surface area contributed by atoms with Crippen molar-refractivity contribution in [3.05, 3.63) is 88.5 Å². The fourth-order valence-electron chi connectivity index (χ4n) is 3.52. The second-order valence-electron chi connectivity index (χ2n) is 8.68. The number of rotatable bonds is 7. The van der Waals surface area contributed by atoms with Crippen molar-refractivity contribution in [3.63, 3.8) is 0 Å². The Hall–Kier alpha value is -3.65. The molecule has 0 radical (unpaired) electrons. The molecule has 0 saturated heterocycles. The Labute approximate surface area is 199 Å². The number of carbonyl (C=O) groups excluding carboxylic acids is 2. The highest BCUT2D eigenvalue weighted by atomic mass is 32.2. The number of anilines is 2. The topological polar surface area (TPSA) is 104 Å². The van der Waals surface area contributed by atoms with Crippen LogP contribution in [-0.2, 0) is 10.0 Å². The zero-order chi connectivity index (χ0) is 24.5. The lowest BCUT2D eigenvalue weighted by atomic mass is 10.1. The third-order valence-electron chi connectivity index (χ3n) is 5.69. The summed E-state index contributed by atoms with van der Waals surface area (Å²) in [4.78, 5) is 25.5. The summed E-state index contributed by atoms with van der Waals surface area (Å²) in [5.74, 6) is -0.627. The van der Waals surface area contributed by atoms with E-state index < -0.39 is 15.9 Å². The predicted octanol–water partition coefficient (Wildman–Crippen LogP) is 4.56. The van der Waals surface area contributed by atoms with E-state index in [1.807, 2.05) is 19.9 Å². The second kappa shape index (κ2) is 9.30. The summed E-state index contributed by atoms with van der Waals surface area (Å²) in [7, 11) is -3.89. The van der Waals surface area contributed by atoms with Crippen LogP contribution in [0.4, 0.5) is 11.4 Å². The van der Waals surface area contributed by atoms with Gasteiger partial charge in [-0.2, -0.15) is 0 Å². The number of sulfonamides is 1. The van der Waals surface area contributed by atoms with Crippen LogP contribution in [0.15, 0.2) is 65.6 Å². The van der Waals surface area contributed by atoms with Crippen molar-refractivity contribution in [3.8, 4) is 0 Å². The first-order valence-electron chi connectivity index (χ1n) is 11.1. The molecule has 0 aromatic heterocycles. The molecule has 0 spiro atoms. The molecule has 3 aromatic rings. The number of hydrogen-bond donors (Lipinski definition) is 3. The van der Waals surface area contributed by atoms with Gasteiger partial charge in [-0.25, -0.2) is 8.42 Å². The Morgan fingerprint density at radius 2 is 1.59 bits per heavy atom. The lowest BCUT2D eigenvalue weighted by Gasteiger charge is -2.14. The summed E-state index contributed by atoms with van der Waals surface area (Å²) < 4.78 is 28.4. The van der Waals surface area contributed by atoms with Crippen molar-refractivity contribution < 1.29 is 18.0 Å². The first kappa shape index (κ1) is 23.5. The smallest absolute Gasteiger partial charge is 0.261 e. The number of amides is 2. The predicted molar refractivity (Wildman–Crippen MR) is 133 cm³/mol. The monoisotopic (exact) mass is 477 g/mol. The Kier molecular flexibility index (Phi) is 6.43. The van der Waals surface area contributed by atoms with Crippen LogP contribution in [-0.4, -0.2) is 26.3 Å². The van der Waals surface area contributed by atoms with Gasteiger partial charge in [0.25, 0.3) is 21.8 Å². The molecule has 176 valence electrons. The van der Waals surface area contributed by atoms with E-state index in [1.54, 1.807) is 49.4 Å². The van der Waals surface area contributed by atoms with Crippen LogP contribution >= 0.6 is 0 Å². The molecule has 2 amide bonds. The summed E-state index contributed by atoms with van der Waals surface area (Å²) in [6.07, 6.45) is 1.97. The SMILES string of the molecule is Cc1cccc(NS(=O)(=O)c2ccc(C)c(C(=O)Nc3cc(C(=O)NC4CC4)ccc3C)c2)c1. The van der Waals surface area contributed by atoms with E-state index in [-0.39, 0.29) is 22.4 Å². The van der Waals surface area contributed by atoms with Gasteiger partial charge in [-0.3, -0.25) is 14.3 Å². The van der Waals surface area contributed by atoms with E-state index in [4.69, 9.17) is 0 Å². The van der Waals surface area contributed by atoms with Gasteiger partial charge in [0.05, 0.1) is 4.90 Å². The Morgan fingerprint density at radius 3 is 2.29 bits per heavy atom. The molecule has 1 saturated carbocycles. The van der Waals surface area contributed by atoms with Gasteiger partial charge in [-0.15, -0.1) is 0 Å². The van der Waals surface area contributed by atoms with Crippen molar-refractivity contribution in [2.24, 2.45) is 0 Å². The number of carbonyl (C=O) groups is 2. The van der Waals surface area contributed by atoms with Gasteiger partial charge in [0.1, 0.15) is 0 Å². The molecule has 8 heteroatoms. The summed E-state index contributed by atoms with van der Waals surface area (Å²) in [5.41, 5.74) is 3.99. The van der Waals surface area contributed by atoms with Crippen LogP contribution in [0.25, 0.3) is 0 Å². The van der Waals surface area contributed by atoms with Gasteiger partial charge in [0, 0.05) is 28.5 Å². The van der Waals surface area contributed by atoms with Crippen molar-refractivity contribution in [2.45, 2.75) is 44.6 Å². The molecule has 3 N–H and O–H groups in total. The van der Waals surface area contributed by atoms with E-state index >= 15 is 0 Å². The highest BCUT2D eigenvalue weighted by Crippen LogP contribution is 2.24. The zero-order valence-electron chi connectivity index (χ0n) is 19.3. The minimum Gasteiger partial charge on any atom is -0.349 e. The van der Waals surface area contributed by atoms with Gasteiger partial charge in [-0.1, -0.05) is 24.3 Å². The van der Waals surface area contributed by atoms with E-state index in [0.717, 1.165) is 24.0 Å². The molecular weight excluding hydrogens is 450 g/mol. The van der Waals surface area contributed by atoms with Crippen LogP contribution in [0.5, 0.6) is 0 Å². The summed E-state index contributed by atoms with van der Waals surface area (Å²) >= 11 is 0. The van der Waals surface area contributed by atoms with Crippen LogP contribution in [0, 0.1) is 20.8 Å². The van der Waals surface area contributed by atoms with Crippen molar-refractivity contribution in [1.29, 1.82) is 0 Å². The summed E-state index contributed by atoms with van der Waals surface area (Å²) in [5, 5.41) is 5.77. The molecule has 34 heavy (non-hydrogen) atoms. The van der Waals surface area contributed by atoms with Crippen molar-refractivity contribution in [2.75, 3.05) is 10.0 Å². The summed E-state index contributed by atoms with van der Waals surface area (Å²) in [6.45, 7) is 5.45. The lowest BCUT2D eigenvalue weighted by molar-refractivity contribution is 0.0949. The second-order valence-corrected chi connectivity index (χ2v) is 10.4.